The van der Waals surface area contributed by atoms with Gasteiger partial charge in [-0.15, -0.1) is 0 Å². The van der Waals surface area contributed by atoms with E-state index in [4.69, 9.17) is 4.74 Å². The number of benzene rings is 1. The Hall–Kier alpha value is -2.57. The van der Waals surface area contributed by atoms with Gasteiger partial charge in [-0.25, -0.2) is 4.79 Å². The second-order valence-electron chi connectivity index (χ2n) is 7.44. The lowest BCUT2D eigenvalue weighted by atomic mass is 9.89. The van der Waals surface area contributed by atoms with Gasteiger partial charge in [0.15, 0.2) is 0 Å². The number of para-hydroxylation sites is 1. The first-order chi connectivity index (χ1) is 12.9. The lowest BCUT2D eigenvalue weighted by molar-refractivity contribution is -0.148. The van der Waals surface area contributed by atoms with Crippen LogP contribution in [-0.4, -0.2) is 67.0 Å². The van der Waals surface area contributed by atoms with Gasteiger partial charge >= 0.3 is 6.09 Å². The van der Waals surface area contributed by atoms with Crippen LogP contribution >= 0.6 is 0 Å². The van der Waals surface area contributed by atoms with E-state index in [0.717, 1.165) is 17.7 Å². The largest absolute Gasteiger partial charge is 0.450 e. The van der Waals surface area contributed by atoms with Gasteiger partial charge in [-0.1, -0.05) is 18.2 Å². The number of rotatable bonds is 3. The van der Waals surface area contributed by atoms with Gasteiger partial charge in [0, 0.05) is 38.4 Å². The molecule has 0 saturated carbocycles. The van der Waals surface area contributed by atoms with Crippen LogP contribution < -0.4 is 4.90 Å². The first kappa shape index (κ1) is 19.2. The van der Waals surface area contributed by atoms with Crippen molar-refractivity contribution in [2.75, 3.05) is 44.2 Å². The number of hydrogen-bond acceptors (Lipinski definition) is 4. The van der Waals surface area contributed by atoms with Crippen molar-refractivity contribution in [1.29, 1.82) is 0 Å². The predicted molar refractivity (Wildman–Crippen MR) is 101 cm³/mol. The van der Waals surface area contributed by atoms with E-state index in [9.17, 15) is 14.4 Å². The van der Waals surface area contributed by atoms with E-state index in [2.05, 4.69) is 0 Å². The zero-order valence-corrected chi connectivity index (χ0v) is 16.2. The maximum absolute atomic E-state index is 13.2. The van der Waals surface area contributed by atoms with E-state index in [-0.39, 0.29) is 17.9 Å². The zero-order chi connectivity index (χ0) is 19.6. The molecule has 0 radical (unpaired) electrons. The van der Waals surface area contributed by atoms with Crippen LogP contribution in [0.1, 0.15) is 26.3 Å². The van der Waals surface area contributed by atoms with Crippen LogP contribution in [0.4, 0.5) is 10.5 Å². The SMILES string of the molecule is CCOC(=O)N1CCN(C(=O)C(C)(C)C(=O)N2CCc3ccccc32)CC1. The predicted octanol–water partition coefficient (Wildman–Crippen LogP) is 1.90. The topological polar surface area (TPSA) is 70.2 Å². The Morgan fingerprint density at radius 2 is 1.59 bits per heavy atom. The quantitative estimate of drug-likeness (QED) is 0.759. The number of amides is 3. The van der Waals surface area contributed by atoms with Gasteiger partial charge in [0.1, 0.15) is 5.41 Å². The molecule has 146 valence electrons. The average Bonchev–Trinajstić information content (AvgIpc) is 3.11. The highest BCUT2D eigenvalue weighted by atomic mass is 16.6. The minimum absolute atomic E-state index is 0.176. The second kappa shape index (κ2) is 7.58. The Morgan fingerprint density at radius 3 is 2.26 bits per heavy atom. The number of hydrogen-bond donors (Lipinski definition) is 0. The van der Waals surface area contributed by atoms with Gasteiger partial charge in [-0.2, -0.15) is 0 Å². The van der Waals surface area contributed by atoms with E-state index >= 15 is 0 Å². The highest BCUT2D eigenvalue weighted by Gasteiger charge is 2.44. The first-order valence-corrected chi connectivity index (χ1v) is 9.47. The molecule has 3 amide bonds. The molecular weight excluding hydrogens is 346 g/mol. The van der Waals surface area contributed by atoms with Crippen molar-refractivity contribution in [3.8, 4) is 0 Å². The second-order valence-corrected chi connectivity index (χ2v) is 7.44. The minimum Gasteiger partial charge on any atom is -0.450 e. The maximum Gasteiger partial charge on any atom is 0.409 e. The molecule has 1 aromatic carbocycles. The van der Waals surface area contributed by atoms with Gasteiger partial charge in [-0.3, -0.25) is 9.59 Å². The standard InChI is InChI=1S/C20H27N3O4/c1-4-27-19(26)22-13-11-21(12-14-22)17(24)20(2,3)18(25)23-10-9-15-7-5-6-8-16(15)23/h5-8H,4,9-14H2,1-3H3. The van der Waals surface area contributed by atoms with Gasteiger partial charge in [0.05, 0.1) is 6.61 Å². The van der Waals surface area contributed by atoms with Crippen molar-refractivity contribution in [3.63, 3.8) is 0 Å². The molecule has 1 fully saturated rings. The molecule has 1 saturated heterocycles. The normalized spacial score (nSPS) is 16.9. The summed E-state index contributed by atoms with van der Waals surface area (Å²) in [5.41, 5.74) is 0.886. The molecule has 3 rings (SSSR count). The summed E-state index contributed by atoms with van der Waals surface area (Å²) in [5.74, 6) is -0.370. The van der Waals surface area contributed by atoms with E-state index in [1.54, 1.807) is 35.5 Å². The van der Waals surface area contributed by atoms with Crippen LogP contribution in [0.3, 0.4) is 0 Å². The Balaban J connectivity index is 1.66. The summed E-state index contributed by atoms with van der Waals surface area (Å²) in [6, 6.07) is 7.82. The van der Waals surface area contributed by atoms with Crippen LogP contribution in [-0.2, 0) is 20.7 Å². The Labute approximate surface area is 159 Å². The van der Waals surface area contributed by atoms with Crippen LogP contribution in [0.25, 0.3) is 0 Å². The number of nitrogens with zero attached hydrogens (tertiary/aromatic N) is 3. The van der Waals surface area contributed by atoms with Crippen molar-refractivity contribution >= 4 is 23.6 Å². The van der Waals surface area contributed by atoms with Crippen molar-refractivity contribution in [1.82, 2.24) is 9.80 Å². The van der Waals surface area contributed by atoms with Crippen LogP contribution in [0, 0.1) is 5.41 Å². The molecule has 0 atom stereocenters. The summed E-state index contributed by atoms with van der Waals surface area (Å²) in [4.78, 5) is 43.0. The van der Waals surface area contributed by atoms with Crippen molar-refractivity contribution < 1.29 is 19.1 Å². The van der Waals surface area contributed by atoms with Crippen LogP contribution in [0.15, 0.2) is 24.3 Å². The number of anilines is 1. The summed E-state index contributed by atoms with van der Waals surface area (Å²) in [7, 11) is 0. The molecule has 0 unspecified atom stereocenters. The highest BCUT2D eigenvalue weighted by molar-refractivity contribution is 6.11. The van der Waals surface area contributed by atoms with Crippen molar-refractivity contribution in [3.05, 3.63) is 29.8 Å². The highest BCUT2D eigenvalue weighted by Crippen LogP contribution is 2.33. The summed E-state index contributed by atoms with van der Waals surface area (Å²) in [6.07, 6.45) is 0.457. The van der Waals surface area contributed by atoms with Crippen molar-refractivity contribution in [2.24, 2.45) is 5.41 Å². The fraction of sp³-hybridized carbons (Fsp3) is 0.550. The number of carbonyl (C=O) groups is 3. The third-order valence-corrected chi connectivity index (χ3v) is 5.29. The van der Waals surface area contributed by atoms with Gasteiger partial charge < -0.3 is 19.4 Å². The molecule has 0 spiro atoms. The summed E-state index contributed by atoms with van der Waals surface area (Å²) in [5, 5.41) is 0. The third kappa shape index (κ3) is 3.63. The van der Waals surface area contributed by atoms with E-state index in [0.29, 0.717) is 39.3 Å². The first-order valence-electron chi connectivity index (χ1n) is 9.47. The Kier molecular flexibility index (Phi) is 5.39. The molecule has 0 bridgehead atoms. The summed E-state index contributed by atoms with van der Waals surface area (Å²) < 4.78 is 5.01. The number of ether oxygens (including phenoxy) is 1. The van der Waals surface area contributed by atoms with Crippen LogP contribution in [0.2, 0.25) is 0 Å². The maximum atomic E-state index is 13.2. The molecule has 27 heavy (non-hydrogen) atoms. The number of carbonyl (C=O) groups excluding carboxylic acids is 3. The molecule has 7 nitrogen and oxygen atoms in total. The van der Waals surface area contributed by atoms with E-state index < -0.39 is 5.41 Å². The molecule has 0 N–H and O–H groups in total. The van der Waals surface area contributed by atoms with Crippen LogP contribution in [0.5, 0.6) is 0 Å². The van der Waals surface area contributed by atoms with Gasteiger partial charge in [-0.05, 0) is 38.8 Å². The fourth-order valence-corrected chi connectivity index (χ4v) is 3.68. The van der Waals surface area contributed by atoms with Crippen molar-refractivity contribution in [2.45, 2.75) is 27.2 Å². The zero-order valence-electron chi connectivity index (χ0n) is 16.2. The molecular formula is C20H27N3O4. The molecule has 0 aromatic heterocycles. The van der Waals surface area contributed by atoms with E-state index in [1.807, 2.05) is 24.3 Å². The van der Waals surface area contributed by atoms with Gasteiger partial charge in [0.25, 0.3) is 0 Å². The fourth-order valence-electron chi connectivity index (χ4n) is 3.68. The lowest BCUT2D eigenvalue weighted by Gasteiger charge is -2.38. The molecule has 7 heteroatoms. The van der Waals surface area contributed by atoms with Gasteiger partial charge in [0.2, 0.25) is 11.8 Å². The number of piperazine rings is 1. The molecule has 2 aliphatic rings. The smallest absolute Gasteiger partial charge is 0.409 e. The molecule has 2 aliphatic heterocycles. The molecule has 1 aromatic rings. The minimum atomic E-state index is -1.15. The molecule has 0 aliphatic carbocycles. The average molecular weight is 373 g/mol. The Morgan fingerprint density at radius 1 is 0.963 bits per heavy atom. The molecule has 2 heterocycles. The van der Waals surface area contributed by atoms with E-state index in [1.165, 1.54) is 0 Å². The third-order valence-electron chi connectivity index (χ3n) is 5.29. The summed E-state index contributed by atoms with van der Waals surface area (Å²) in [6.45, 7) is 7.73. The summed E-state index contributed by atoms with van der Waals surface area (Å²) >= 11 is 0. The Bertz CT molecular complexity index is 738. The lowest BCUT2D eigenvalue weighted by Crippen LogP contribution is -2.56. The monoisotopic (exact) mass is 373 g/mol. The number of fused-ring (bicyclic) bond motifs is 1.